The molecule has 0 aliphatic heterocycles. The minimum atomic E-state index is 0.610. The fourth-order valence-electron chi connectivity index (χ4n) is 2.79. The van der Waals surface area contributed by atoms with Gasteiger partial charge in [0.15, 0.2) is 5.65 Å². The Morgan fingerprint density at radius 1 is 1.25 bits per heavy atom. The molecule has 0 radical (unpaired) electrons. The molecular weight excluding hydrogens is 352 g/mol. The lowest BCUT2D eigenvalue weighted by molar-refractivity contribution is 0.139. The Balaban J connectivity index is 1.67. The number of rotatable bonds is 11. The Labute approximate surface area is 165 Å². The number of fused-ring (bicyclic) bond motifs is 1. The van der Waals surface area contributed by atoms with Crippen LogP contribution in [0.3, 0.4) is 0 Å². The molecule has 0 unspecified atom stereocenters. The van der Waals surface area contributed by atoms with Crippen molar-refractivity contribution in [3.05, 3.63) is 47.9 Å². The molecular formula is C21H26N6O. The van der Waals surface area contributed by atoms with E-state index >= 15 is 0 Å². The first-order chi connectivity index (χ1) is 13.8. The summed E-state index contributed by atoms with van der Waals surface area (Å²) in [5.41, 5.74) is 3.09. The zero-order valence-electron chi connectivity index (χ0n) is 16.2. The van der Waals surface area contributed by atoms with Crippen LogP contribution in [-0.4, -0.2) is 39.3 Å². The molecule has 0 aromatic carbocycles. The number of hydrogen-bond donors (Lipinski definition) is 2. The molecule has 7 heteroatoms. The van der Waals surface area contributed by atoms with Crippen LogP contribution in [0.4, 0.5) is 11.6 Å². The van der Waals surface area contributed by atoms with Gasteiger partial charge in [0, 0.05) is 50.1 Å². The molecule has 3 aromatic heterocycles. The van der Waals surface area contributed by atoms with Gasteiger partial charge in [0.1, 0.15) is 11.6 Å². The quantitative estimate of drug-likeness (QED) is 0.394. The molecule has 146 valence electrons. The topological polar surface area (TPSA) is 76.4 Å². The average molecular weight is 378 g/mol. The van der Waals surface area contributed by atoms with Gasteiger partial charge in [-0.25, -0.2) is 4.98 Å². The third kappa shape index (κ3) is 5.21. The van der Waals surface area contributed by atoms with E-state index < -0.39 is 0 Å². The SMILES string of the molecule is C#CCCOCCCNc1cc(NCc2cccnc2)n2ncc(CC)c2n1. The van der Waals surface area contributed by atoms with Crippen molar-refractivity contribution in [3.8, 4) is 12.3 Å². The van der Waals surface area contributed by atoms with Crippen molar-refractivity contribution in [3.63, 3.8) is 0 Å². The van der Waals surface area contributed by atoms with Crippen molar-refractivity contribution in [2.45, 2.75) is 32.7 Å². The van der Waals surface area contributed by atoms with Crippen LogP contribution in [0.1, 0.15) is 30.9 Å². The summed E-state index contributed by atoms with van der Waals surface area (Å²) in [6.45, 7) is 4.83. The predicted octanol–water partition coefficient (Wildman–Crippen LogP) is 3.14. The second-order valence-corrected chi connectivity index (χ2v) is 6.35. The van der Waals surface area contributed by atoms with Crippen molar-refractivity contribution < 1.29 is 4.74 Å². The Kier molecular flexibility index (Phi) is 7.21. The van der Waals surface area contributed by atoms with Gasteiger partial charge in [0.2, 0.25) is 0 Å². The molecule has 28 heavy (non-hydrogen) atoms. The lowest BCUT2D eigenvalue weighted by atomic mass is 10.2. The van der Waals surface area contributed by atoms with Gasteiger partial charge in [-0.05, 0) is 24.5 Å². The van der Waals surface area contributed by atoms with Crippen LogP contribution in [-0.2, 0) is 17.7 Å². The molecule has 0 atom stereocenters. The van der Waals surface area contributed by atoms with Gasteiger partial charge in [0.25, 0.3) is 0 Å². The summed E-state index contributed by atoms with van der Waals surface area (Å²) in [6, 6.07) is 5.95. The second-order valence-electron chi connectivity index (χ2n) is 6.35. The monoisotopic (exact) mass is 378 g/mol. The highest BCUT2D eigenvalue weighted by molar-refractivity contribution is 5.60. The predicted molar refractivity (Wildman–Crippen MR) is 111 cm³/mol. The number of pyridine rings is 1. The van der Waals surface area contributed by atoms with Gasteiger partial charge in [-0.2, -0.15) is 9.61 Å². The van der Waals surface area contributed by atoms with E-state index in [0.29, 0.717) is 26.2 Å². The van der Waals surface area contributed by atoms with Crippen LogP contribution in [0.25, 0.3) is 5.65 Å². The highest BCUT2D eigenvalue weighted by Crippen LogP contribution is 2.20. The maximum Gasteiger partial charge on any atom is 0.162 e. The zero-order chi connectivity index (χ0) is 19.6. The number of nitrogens with zero attached hydrogens (tertiary/aromatic N) is 4. The van der Waals surface area contributed by atoms with Gasteiger partial charge >= 0.3 is 0 Å². The zero-order valence-corrected chi connectivity index (χ0v) is 16.2. The Bertz CT molecular complexity index is 916. The fraction of sp³-hybridized carbons (Fsp3) is 0.381. The molecule has 2 N–H and O–H groups in total. The maximum atomic E-state index is 5.48. The van der Waals surface area contributed by atoms with Crippen LogP contribution < -0.4 is 10.6 Å². The van der Waals surface area contributed by atoms with E-state index in [1.165, 1.54) is 0 Å². The lowest BCUT2D eigenvalue weighted by Gasteiger charge is -2.12. The van der Waals surface area contributed by atoms with Gasteiger partial charge in [-0.3, -0.25) is 4.98 Å². The number of terminal acetylenes is 1. The Hall–Kier alpha value is -3.11. The van der Waals surface area contributed by atoms with Crippen LogP contribution in [0.15, 0.2) is 36.8 Å². The van der Waals surface area contributed by atoms with Gasteiger partial charge in [-0.15, -0.1) is 12.3 Å². The molecule has 7 nitrogen and oxygen atoms in total. The van der Waals surface area contributed by atoms with Gasteiger partial charge in [0.05, 0.1) is 12.8 Å². The van der Waals surface area contributed by atoms with Gasteiger partial charge in [-0.1, -0.05) is 13.0 Å². The molecule has 3 rings (SSSR count). The van der Waals surface area contributed by atoms with E-state index in [0.717, 1.165) is 47.8 Å². The molecule has 3 aromatic rings. The van der Waals surface area contributed by atoms with E-state index in [-0.39, 0.29) is 0 Å². The second kappa shape index (κ2) is 10.3. The number of aryl methyl sites for hydroxylation is 1. The molecule has 0 saturated carbocycles. The largest absolute Gasteiger partial charge is 0.380 e. The third-order valence-corrected chi connectivity index (χ3v) is 4.28. The molecule has 0 fully saturated rings. The first-order valence-electron chi connectivity index (χ1n) is 9.57. The molecule has 0 amide bonds. The molecule has 0 bridgehead atoms. The number of hydrogen-bond acceptors (Lipinski definition) is 6. The van der Waals surface area contributed by atoms with E-state index in [1.807, 2.05) is 35.1 Å². The standard InChI is InChI=1S/C21H26N6O/c1-3-5-11-28-12-7-10-23-19-13-20(24-15-17-8-6-9-22-14-17)27-21(26-19)18(4-2)16-25-27/h1,6,8-9,13-14,16,24H,4-5,7,10-12,15H2,2H3,(H,23,26). The van der Waals surface area contributed by atoms with E-state index in [1.54, 1.807) is 6.20 Å². The summed E-state index contributed by atoms with van der Waals surface area (Å²) in [4.78, 5) is 8.90. The summed E-state index contributed by atoms with van der Waals surface area (Å²) in [7, 11) is 0. The van der Waals surface area contributed by atoms with Crippen molar-refractivity contribution in [2.24, 2.45) is 0 Å². The van der Waals surface area contributed by atoms with Crippen LogP contribution in [0.5, 0.6) is 0 Å². The van der Waals surface area contributed by atoms with Crippen LogP contribution >= 0.6 is 0 Å². The van der Waals surface area contributed by atoms with Crippen molar-refractivity contribution in [1.29, 1.82) is 0 Å². The summed E-state index contributed by atoms with van der Waals surface area (Å²) in [5, 5.41) is 11.3. The van der Waals surface area contributed by atoms with Crippen LogP contribution in [0.2, 0.25) is 0 Å². The fourth-order valence-corrected chi connectivity index (χ4v) is 2.79. The van der Waals surface area contributed by atoms with Crippen LogP contribution in [0, 0.1) is 12.3 Å². The third-order valence-electron chi connectivity index (χ3n) is 4.28. The highest BCUT2D eigenvalue weighted by Gasteiger charge is 2.10. The van der Waals surface area contributed by atoms with Gasteiger partial charge < -0.3 is 15.4 Å². The van der Waals surface area contributed by atoms with Crippen molar-refractivity contribution in [2.75, 3.05) is 30.4 Å². The number of anilines is 2. The van der Waals surface area contributed by atoms with E-state index in [9.17, 15) is 0 Å². The summed E-state index contributed by atoms with van der Waals surface area (Å²) in [6.07, 6.45) is 13.1. The summed E-state index contributed by atoms with van der Waals surface area (Å²) < 4.78 is 7.33. The van der Waals surface area contributed by atoms with Crippen molar-refractivity contribution in [1.82, 2.24) is 19.6 Å². The molecule has 0 saturated heterocycles. The summed E-state index contributed by atoms with van der Waals surface area (Å²) in [5.74, 6) is 4.28. The molecule has 0 aliphatic rings. The first kappa shape index (κ1) is 19.6. The normalized spacial score (nSPS) is 10.7. The number of aromatic nitrogens is 4. The molecule has 0 spiro atoms. The summed E-state index contributed by atoms with van der Waals surface area (Å²) >= 11 is 0. The first-order valence-corrected chi connectivity index (χ1v) is 9.57. The number of nitrogens with one attached hydrogen (secondary N) is 2. The van der Waals surface area contributed by atoms with E-state index in [4.69, 9.17) is 16.1 Å². The molecule has 0 aliphatic carbocycles. The average Bonchev–Trinajstić information content (AvgIpc) is 3.15. The smallest absolute Gasteiger partial charge is 0.162 e. The number of ether oxygens (including phenoxy) is 1. The Morgan fingerprint density at radius 3 is 2.96 bits per heavy atom. The van der Waals surface area contributed by atoms with E-state index in [2.05, 4.69) is 33.6 Å². The molecule has 3 heterocycles. The minimum Gasteiger partial charge on any atom is -0.380 e. The Morgan fingerprint density at radius 2 is 2.18 bits per heavy atom. The van der Waals surface area contributed by atoms with Crippen molar-refractivity contribution >= 4 is 17.3 Å². The highest BCUT2D eigenvalue weighted by atomic mass is 16.5. The lowest BCUT2D eigenvalue weighted by Crippen LogP contribution is -2.11. The maximum absolute atomic E-state index is 5.48. The minimum absolute atomic E-state index is 0.610.